The van der Waals surface area contributed by atoms with Gasteiger partial charge in [0, 0.05) is 22.0 Å². The summed E-state index contributed by atoms with van der Waals surface area (Å²) < 4.78 is 0.962. The number of nitrogens with two attached hydrogens (primary N) is 1. The number of thioether (sulfide) groups is 1. The number of hydrogen-bond donors (Lipinski definition) is 2. The third-order valence-corrected chi connectivity index (χ3v) is 4.47. The molecule has 0 aromatic carbocycles. The summed E-state index contributed by atoms with van der Waals surface area (Å²) in [5.74, 6) is 0.597. The van der Waals surface area contributed by atoms with Gasteiger partial charge in [-0.25, -0.2) is 4.98 Å². The molecular weight excluding hydrogens is 288 g/mol. The number of aliphatic hydroxyl groups excluding tert-OH is 1. The Kier molecular flexibility index (Phi) is 4.24. The van der Waals surface area contributed by atoms with Gasteiger partial charge in [-0.3, -0.25) is 0 Å². The Morgan fingerprint density at radius 2 is 2.31 bits per heavy atom. The third kappa shape index (κ3) is 3.20. The van der Waals surface area contributed by atoms with E-state index < -0.39 is 0 Å². The molecule has 0 spiro atoms. The molecule has 3 nitrogen and oxygen atoms in total. The molecule has 2 unspecified atom stereocenters. The second kappa shape index (κ2) is 5.49. The molecule has 0 radical (unpaired) electrons. The van der Waals surface area contributed by atoms with Gasteiger partial charge in [-0.2, -0.15) is 0 Å². The van der Waals surface area contributed by atoms with Gasteiger partial charge in [0.05, 0.1) is 11.6 Å². The minimum absolute atomic E-state index is 0.0566. The summed E-state index contributed by atoms with van der Waals surface area (Å²) in [6.45, 7) is 0.111. The van der Waals surface area contributed by atoms with Gasteiger partial charge in [0.25, 0.3) is 0 Å². The molecule has 2 rings (SSSR count). The van der Waals surface area contributed by atoms with Crippen molar-refractivity contribution in [2.24, 2.45) is 11.7 Å². The lowest BCUT2D eigenvalue weighted by atomic mass is 10.1. The summed E-state index contributed by atoms with van der Waals surface area (Å²) in [5, 5.41) is 10.3. The fourth-order valence-electron chi connectivity index (χ4n) is 1.61. The maximum atomic E-state index is 9.35. The highest BCUT2D eigenvalue weighted by Gasteiger charge is 2.34. The van der Waals surface area contributed by atoms with Crippen LogP contribution in [0.3, 0.4) is 0 Å². The topological polar surface area (TPSA) is 59.1 Å². The molecule has 16 heavy (non-hydrogen) atoms. The number of halogens is 1. The second-order valence-electron chi connectivity index (χ2n) is 4.07. The van der Waals surface area contributed by atoms with Crippen LogP contribution in [-0.4, -0.2) is 28.0 Å². The Bertz CT molecular complexity index is 342. The smallest absolute Gasteiger partial charge is 0.0964 e. The lowest BCUT2D eigenvalue weighted by molar-refractivity contribution is 0.277. The molecule has 1 aromatic heterocycles. The molecule has 1 aliphatic rings. The number of rotatable bonds is 5. The zero-order valence-corrected chi connectivity index (χ0v) is 11.2. The maximum absolute atomic E-state index is 9.35. The van der Waals surface area contributed by atoms with E-state index in [0.717, 1.165) is 9.50 Å². The second-order valence-corrected chi connectivity index (χ2v) is 6.24. The molecule has 1 heterocycles. The number of hydrogen-bond acceptors (Lipinski definition) is 4. The molecule has 0 saturated heterocycles. The molecule has 1 aliphatic carbocycles. The highest BCUT2D eigenvalue weighted by atomic mass is 79.9. The first-order valence-corrected chi connectivity index (χ1v) is 7.02. The van der Waals surface area contributed by atoms with E-state index in [4.69, 9.17) is 5.73 Å². The molecule has 2 atom stereocenters. The average Bonchev–Trinajstić information content (AvgIpc) is 3.11. The van der Waals surface area contributed by atoms with E-state index in [-0.39, 0.29) is 17.9 Å². The van der Waals surface area contributed by atoms with E-state index in [1.807, 2.05) is 12.1 Å². The zero-order valence-electron chi connectivity index (χ0n) is 8.84. The van der Waals surface area contributed by atoms with Crippen molar-refractivity contribution in [1.82, 2.24) is 4.98 Å². The van der Waals surface area contributed by atoms with Crippen LogP contribution in [0.25, 0.3) is 0 Å². The van der Waals surface area contributed by atoms with Gasteiger partial charge >= 0.3 is 0 Å². The third-order valence-electron chi connectivity index (χ3n) is 2.75. The van der Waals surface area contributed by atoms with Crippen LogP contribution in [0, 0.1) is 5.92 Å². The van der Waals surface area contributed by atoms with Crippen molar-refractivity contribution in [3.8, 4) is 0 Å². The number of aromatic nitrogens is 1. The highest BCUT2D eigenvalue weighted by molar-refractivity contribution is 9.10. The van der Waals surface area contributed by atoms with Gasteiger partial charge in [0.2, 0.25) is 0 Å². The van der Waals surface area contributed by atoms with E-state index in [9.17, 15) is 5.11 Å². The molecule has 3 N–H and O–H groups in total. The predicted octanol–water partition coefficient (Wildman–Crippen LogP) is 2.03. The summed E-state index contributed by atoms with van der Waals surface area (Å²) in [4.78, 5) is 4.28. The number of pyridine rings is 1. The number of nitrogens with zero attached hydrogens (tertiary/aromatic N) is 1. The van der Waals surface area contributed by atoms with Gasteiger partial charge in [0.15, 0.2) is 0 Å². The van der Waals surface area contributed by atoms with E-state index in [2.05, 4.69) is 20.9 Å². The minimum Gasteiger partial charge on any atom is -0.395 e. The first kappa shape index (κ1) is 12.4. The maximum Gasteiger partial charge on any atom is 0.0964 e. The molecule has 0 aliphatic heterocycles. The normalized spacial score (nSPS) is 19.4. The van der Waals surface area contributed by atoms with Crippen molar-refractivity contribution in [2.45, 2.75) is 29.2 Å². The van der Waals surface area contributed by atoms with Crippen molar-refractivity contribution in [3.05, 3.63) is 22.8 Å². The van der Waals surface area contributed by atoms with Crippen LogP contribution in [0.2, 0.25) is 0 Å². The van der Waals surface area contributed by atoms with Crippen molar-refractivity contribution < 1.29 is 5.11 Å². The van der Waals surface area contributed by atoms with Crippen LogP contribution in [0.4, 0.5) is 0 Å². The first-order chi connectivity index (χ1) is 7.70. The fourth-order valence-corrected chi connectivity index (χ4v) is 2.87. The fraction of sp³-hybridized carbons (Fsp3) is 0.545. The molecular formula is C11H15BrN2OS. The van der Waals surface area contributed by atoms with Gasteiger partial charge in [0.1, 0.15) is 0 Å². The number of aliphatic hydroxyl groups is 1. The van der Waals surface area contributed by atoms with Crippen LogP contribution >= 0.6 is 27.7 Å². The van der Waals surface area contributed by atoms with E-state index in [1.165, 1.54) is 12.8 Å². The minimum atomic E-state index is 0.0566. The average molecular weight is 303 g/mol. The summed E-state index contributed by atoms with van der Waals surface area (Å²) in [5.41, 5.74) is 6.09. The molecule has 88 valence electrons. The summed E-state index contributed by atoms with van der Waals surface area (Å²) in [6, 6.07) is 3.98. The summed E-state index contributed by atoms with van der Waals surface area (Å²) >= 11 is 4.91. The Labute approximate surface area is 108 Å². The van der Waals surface area contributed by atoms with Gasteiger partial charge in [-0.15, -0.1) is 0 Å². The summed E-state index contributed by atoms with van der Waals surface area (Å²) in [6.07, 6.45) is 4.16. The van der Waals surface area contributed by atoms with Crippen molar-refractivity contribution >= 4 is 27.7 Å². The van der Waals surface area contributed by atoms with Crippen LogP contribution in [0.1, 0.15) is 12.8 Å². The molecule has 1 aromatic rings. The van der Waals surface area contributed by atoms with Crippen molar-refractivity contribution in [1.29, 1.82) is 0 Å². The Hall–Kier alpha value is -0.100. The Morgan fingerprint density at radius 1 is 1.56 bits per heavy atom. The SMILES string of the molecule is NC(C1CC1)C(CO)Sc1ccc(Br)cn1. The largest absolute Gasteiger partial charge is 0.395 e. The Balaban J connectivity index is 1.97. The predicted molar refractivity (Wildman–Crippen MR) is 69.4 cm³/mol. The highest BCUT2D eigenvalue weighted by Crippen LogP contribution is 2.37. The zero-order chi connectivity index (χ0) is 11.5. The van der Waals surface area contributed by atoms with Crippen molar-refractivity contribution in [2.75, 3.05) is 6.61 Å². The van der Waals surface area contributed by atoms with Crippen LogP contribution < -0.4 is 5.73 Å². The molecule has 1 fully saturated rings. The lowest BCUT2D eigenvalue weighted by Gasteiger charge is -2.20. The molecule has 5 heteroatoms. The van der Waals surface area contributed by atoms with E-state index >= 15 is 0 Å². The quantitative estimate of drug-likeness (QED) is 0.817. The molecule has 1 saturated carbocycles. The van der Waals surface area contributed by atoms with Gasteiger partial charge in [-0.05, 0) is 46.8 Å². The Morgan fingerprint density at radius 3 is 2.81 bits per heavy atom. The summed E-state index contributed by atoms with van der Waals surface area (Å²) in [7, 11) is 0. The monoisotopic (exact) mass is 302 g/mol. The van der Waals surface area contributed by atoms with E-state index in [0.29, 0.717) is 5.92 Å². The van der Waals surface area contributed by atoms with Gasteiger partial charge < -0.3 is 10.8 Å². The standard InChI is InChI=1S/C11H15BrN2OS/c12-8-3-4-10(14-5-8)16-9(6-15)11(13)7-1-2-7/h3-5,7,9,11,15H,1-2,6,13H2. The van der Waals surface area contributed by atoms with E-state index in [1.54, 1.807) is 18.0 Å². The molecule has 0 bridgehead atoms. The lowest BCUT2D eigenvalue weighted by Crippen LogP contribution is -2.36. The van der Waals surface area contributed by atoms with Crippen molar-refractivity contribution in [3.63, 3.8) is 0 Å². The van der Waals surface area contributed by atoms with Crippen LogP contribution in [0.15, 0.2) is 27.8 Å². The van der Waals surface area contributed by atoms with Gasteiger partial charge in [-0.1, -0.05) is 11.8 Å². The van der Waals surface area contributed by atoms with Crippen LogP contribution in [0.5, 0.6) is 0 Å². The first-order valence-electron chi connectivity index (χ1n) is 5.35. The van der Waals surface area contributed by atoms with Crippen LogP contribution in [-0.2, 0) is 0 Å². The molecule has 0 amide bonds.